The standard InChI is InChI=1S/C12H16O4/c1-8(2)7-16-12(15)10-6-4-3-5-9(10)11(13)14/h3-6,8-10H,7H2,1-2H3,(H,13,14)/p-1. The second-order valence-corrected chi connectivity index (χ2v) is 4.16. The molecule has 4 nitrogen and oxygen atoms in total. The van der Waals surface area contributed by atoms with E-state index in [1.807, 2.05) is 13.8 Å². The van der Waals surface area contributed by atoms with Crippen molar-refractivity contribution >= 4 is 11.9 Å². The first-order chi connectivity index (χ1) is 7.52. The maximum absolute atomic E-state index is 11.6. The van der Waals surface area contributed by atoms with E-state index >= 15 is 0 Å². The Balaban J connectivity index is 2.63. The number of carboxylic acid groups (broad SMARTS) is 1. The molecule has 0 spiro atoms. The van der Waals surface area contributed by atoms with Gasteiger partial charge in [-0.05, 0) is 5.92 Å². The second-order valence-electron chi connectivity index (χ2n) is 4.16. The van der Waals surface area contributed by atoms with Crippen LogP contribution in [-0.4, -0.2) is 18.5 Å². The summed E-state index contributed by atoms with van der Waals surface area (Å²) in [5.74, 6) is -3.23. The topological polar surface area (TPSA) is 66.4 Å². The highest BCUT2D eigenvalue weighted by Crippen LogP contribution is 2.20. The molecular weight excluding hydrogens is 208 g/mol. The van der Waals surface area contributed by atoms with Crippen LogP contribution in [-0.2, 0) is 14.3 Å². The van der Waals surface area contributed by atoms with Gasteiger partial charge in [-0.1, -0.05) is 38.2 Å². The van der Waals surface area contributed by atoms with Crippen LogP contribution in [0.2, 0.25) is 0 Å². The van der Waals surface area contributed by atoms with Crippen LogP contribution < -0.4 is 5.11 Å². The Kier molecular flexibility index (Phi) is 4.28. The lowest BCUT2D eigenvalue weighted by Gasteiger charge is -2.23. The Morgan fingerprint density at radius 2 is 1.81 bits per heavy atom. The zero-order chi connectivity index (χ0) is 12.1. The van der Waals surface area contributed by atoms with Gasteiger partial charge in [0.15, 0.2) is 0 Å². The van der Waals surface area contributed by atoms with Crippen molar-refractivity contribution in [2.75, 3.05) is 6.61 Å². The van der Waals surface area contributed by atoms with Crippen LogP contribution in [0.3, 0.4) is 0 Å². The minimum absolute atomic E-state index is 0.230. The lowest BCUT2D eigenvalue weighted by molar-refractivity contribution is -0.310. The Labute approximate surface area is 94.6 Å². The zero-order valence-corrected chi connectivity index (χ0v) is 9.38. The summed E-state index contributed by atoms with van der Waals surface area (Å²) >= 11 is 0. The highest BCUT2D eigenvalue weighted by Gasteiger charge is 2.27. The molecule has 0 heterocycles. The molecular formula is C12H15O4-. The second kappa shape index (κ2) is 5.49. The summed E-state index contributed by atoms with van der Waals surface area (Å²) in [7, 11) is 0. The van der Waals surface area contributed by atoms with Gasteiger partial charge in [-0.2, -0.15) is 0 Å². The fraction of sp³-hybridized carbons (Fsp3) is 0.500. The zero-order valence-electron chi connectivity index (χ0n) is 9.38. The average molecular weight is 223 g/mol. The van der Waals surface area contributed by atoms with Crippen LogP contribution in [0.1, 0.15) is 13.8 Å². The lowest BCUT2D eigenvalue weighted by atomic mass is 9.88. The average Bonchev–Trinajstić information content (AvgIpc) is 2.25. The molecule has 1 aliphatic carbocycles. The van der Waals surface area contributed by atoms with Crippen LogP contribution in [0, 0.1) is 17.8 Å². The van der Waals surface area contributed by atoms with Crippen molar-refractivity contribution in [2.45, 2.75) is 13.8 Å². The molecule has 0 saturated heterocycles. The van der Waals surface area contributed by atoms with E-state index in [0.717, 1.165) is 0 Å². The molecule has 0 fully saturated rings. The summed E-state index contributed by atoms with van der Waals surface area (Å²) in [6.45, 7) is 4.13. The number of rotatable bonds is 4. The first kappa shape index (κ1) is 12.5. The van der Waals surface area contributed by atoms with E-state index in [1.54, 1.807) is 12.2 Å². The highest BCUT2D eigenvalue weighted by molar-refractivity contribution is 5.83. The smallest absolute Gasteiger partial charge is 0.313 e. The number of hydrogen-bond acceptors (Lipinski definition) is 4. The molecule has 0 saturated carbocycles. The Morgan fingerprint density at radius 1 is 1.25 bits per heavy atom. The molecule has 0 aliphatic heterocycles. The molecule has 16 heavy (non-hydrogen) atoms. The number of aliphatic carboxylic acids is 1. The van der Waals surface area contributed by atoms with E-state index in [9.17, 15) is 14.7 Å². The third kappa shape index (κ3) is 3.22. The summed E-state index contributed by atoms with van der Waals surface area (Å²) in [4.78, 5) is 22.4. The van der Waals surface area contributed by atoms with Gasteiger partial charge in [0, 0.05) is 11.9 Å². The van der Waals surface area contributed by atoms with E-state index < -0.39 is 23.8 Å². The summed E-state index contributed by atoms with van der Waals surface area (Å²) < 4.78 is 5.01. The monoisotopic (exact) mass is 223 g/mol. The van der Waals surface area contributed by atoms with E-state index in [0.29, 0.717) is 6.61 Å². The number of carbonyl (C=O) groups excluding carboxylic acids is 2. The van der Waals surface area contributed by atoms with Gasteiger partial charge in [0.1, 0.15) is 0 Å². The number of hydrogen-bond donors (Lipinski definition) is 0. The molecule has 0 N–H and O–H groups in total. The van der Waals surface area contributed by atoms with Gasteiger partial charge >= 0.3 is 5.97 Å². The van der Waals surface area contributed by atoms with Crippen molar-refractivity contribution in [3.8, 4) is 0 Å². The predicted octanol–water partition coefficient (Wildman–Crippen LogP) is 0.294. The normalized spacial score (nSPS) is 23.4. The highest BCUT2D eigenvalue weighted by atomic mass is 16.5. The van der Waals surface area contributed by atoms with E-state index in [-0.39, 0.29) is 5.92 Å². The lowest BCUT2D eigenvalue weighted by Crippen LogP contribution is -2.38. The fourth-order valence-electron chi connectivity index (χ4n) is 1.40. The molecule has 0 aromatic heterocycles. The molecule has 2 unspecified atom stereocenters. The van der Waals surface area contributed by atoms with Crippen molar-refractivity contribution in [3.05, 3.63) is 24.3 Å². The van der Waals surface area contributed by atoms with Crippen molar-refractivity contribution in [3.63, 3.8) is 0 Å². The molecule has 1 aliphatic rings. The third-order valence-electron chi connectivity index (χ3n) is 2.24. The van der Waals surface area contributed by atoms with Crippen LogP contribution >= 0.6 is 0 Å². The quantitative estimate of drug-likeness (QED) is 0.643. The number of carboxylic acids is 1. The Hall–Kier alpha value is -1.58. The Morgan fingerprint density at radius 3 is 2.31 bits per heavy atom. The van der Waals surface area contributed by atoms with Crippen LogP contribution in [0.5, 0.6) is 0 Å². The summed E-state index contributed by atoms with van der Waals surface area (Å²) in [5.41, 5.74) is 0. The molecule has 4 heteroatoms. The SMILES string of the molecule is CC(C)COC(=O)C1C=CC=CC1C(=O)[O-]. The van der Waals surface area contributed by atoms with E-state index in [4.69, 9.17) is 4.74 Å². The molecule has 2 atom stereocenters. The maximum atomic E-state index is 11.6. The van der Waals surface area contributed by atoms with Gasteiger partial charge in [-0.25, -0.2) is 0 Å². The van der Waals surface area contributed by atoms with Gasteiger partial charge in [0.05, 0.1) is 12.5 Å². The number of ether oxygens (including phenoxy) is 1. The predicted molar refractivity (Wildman–Crippen MR) is 56.1 cm³/mol. The molecule has 0 amide bonds. The number of carbonyl (C=O) groups is 2. The summed E-state index contributed by atoms with van der Waals surface area (Å²) in [5, 5.41) is 10.8. The van der Waals surface area contributed by atoms with Crippen LogP contribution in [0.15, 0.2) is 24.3 Å². The van der Waals surface area contributed by atoms with Gasteiger partial charge in [-0.15, -0.1) is 0 Å². The van der Waals surface area contributed by atoms with Gasteiger partial charge in [-0.3, -0.25) is 4.79 Å². The Bertz CT molecular complexity index is 328. The van der Waals surface area contributed by atoms with Gasteiger partial charge in [0.2, 0.25) is 0 Å². The van der Waals surface area contributed by atoms with Gasteiger partial charge in [0.25, 0.3) is 0 Å². The molecule has 1 rings (SSSR count). The number of allylic oxidation sites excluding steroid dienone is 2. The molecule has 0 aromatic carbocycles. The fourth-order valence-corrected chi connectivity index (χ4v) is 1.40. The summed E-state index contributed by atoms with van der Waals surface area (Å²) in [6, 6.07) is 0. The molecule has 0 radical (unpaired) electrons. The minimum atomic E-state index is -1.26. The van der Waals surface area contributed by atoms with Crippen LogP contribution in [0.4, 0.5) is 0 Å². The largest absolute Gasteiger partial charge is 0.549 e. The first-order valence-electron chi connectivity index (χ1n) is 5.25. The molecule has 88 valence electrons. The summed E-state index contributed by atoms with van der Waals surface area (Å²) in [6.07, 6.45) is 6.20. The first-order valence-corrected chi connectivity index (χ1v) is 5.25. The van der Waals surface area contributed by atoms with Gasteiger partial charge < -0.3 is 14.6 Å². The van der Waals surface area contributed by atoms with Crippen molar-refractivity contribution in [1.82, 2.24) is 0 Å². The van der Waals surface area contributed by atoms with E-state index in [2.05, 4.69) is 0 Å². The van der Waals surface area contributed by atoms with E-state index in [1.165, 1.54) is 12.2 Å². The van der Waals surface area contributed by atoms with Crippen molar-refractivity contribution in [1.29, 1.82) is 0 Å². The molecule has 0 bridgehead atoms. The number of esters is 1. The van der Waals surface area contributed by atoms with Crippen molar-refractivity contribution in [2.24, 2.45) is 17.8 Å². The molecule has 0 aromatic rings. The van der Waals surface area contributed by atoms with Crippen LogP contribution in [0.25, 0.3) is 0 Å². The minimum Gasteiger partial charge on any atom is -0.549 e. The maximum Gasteiger partial charge on any atom is 0.313 e. The third-order valence-corrected chi connectivity index (χ3v) is 2.24. The van der Waals surface area contributed by atoms with Crippen molar-refractivity contribution < 1.29 is 19.4 Å².